The average molecular weight is 470 g/mol. The number of sulfone groups is 1. The van der Waals surface area contributed by atoms with Crippen LogP contribution in [0.15, 0.2) is 47.4 Å². The number of carbonyl (C=O) groups excluding carboxylic acids is 2. The van der Waals surface area contributed by atoms with Crippen LogP contribution in [0.1, 0.15) is 37.7 Å². The molecule has 1 aliphatic rings. The van der Waals surface area contributed by atoms with Gasteiger partial charge in [-0.15, -0.1) is 0 Å². The van der Waals surface area contributed by atoms with Crippen LogP contribution in [0, 0.1) is 20.8 Å². The molecule has 33 heavy (non-hydrogen) atoms. The fourth-order valence-electron chi connectivity index (χ4n) is 3.80. The highest BCUT2D eigenvalue weighted by Gasteiger charge is 2.22. The fourth-order valence-corrected chi connectivity index (χ4v) is 4.45. The minimum absolute atomic E-state index is 0.0126. The van der Waals surface area contributed by atoms with Crippen LogP contribution in [-0.4, -0.2) is 44.4 Å². The van der Waals surface area contributed by atoms with E-state index < -0.39 is 22.4 Å². The summed E-state index contributed by atoms with van der Waals surface area (Å²) in [6.07, 6.45) is 1.06. The number of ketones is 1. The van der Waals surface area contributed by atoms with E-state index in [1.54, 1.807) is 13.0 Å². The highest BCUT2D eigenvalue weighted by molar-refractivity contribution is 7.90. The van der Waals surface area contributed by atoms with Gasteiger partial charge >= 0.3 is 5.97 Å². The second-order valence-electron chi connectivity index (χ2n) is 7.91. The summed E-state index contributed by atoms with van der Waals surface area (Å²) in [5.41, 5.74) is 3.44. The number of benzene rings is 2. The Morgan fingerprint density at radius 3 is 2.42 bits per heavy atom. The molecule has 0 unspecified atom stereocenters. The second kappa shape index (κ2) is 8.40. The summed E-state index contributed by atoms with van der Waals surface area (Å²) in [5, 5.41) is 0. The normalized spacial score (nSPS) is 12.6. The van der Waals surface area contributed by atoms with Crippen molar-refractivity contribution in [2.45, 2.75) is 25.7 Å². The monoisotopic (exact) mass is 469 g/mol. The van der Waals surface area contributed by atoms with Gasteiger partial charge < -0.3 is 18.8 Å². The van der Waals surface area contributed by atoms with Gasteiger partial charge in [0.2, 0.25) is 12.6 Å². The van der Waals surface area contributed by atoms with Gasteiger partial charge in [-0.05, 0) is 56.7 Å². The number of fused-ring (bicyclic) bond motifs is 1. The first-order chi connectivity index (χ1) is 15.6. The van der Waals surface area contributed by atoms with Gasteiger partial charge in [-0.2, -0.15) is 0 Å². The van der Waals surface area contributed by atoms with Gasteiger partial charge in [0.15, 0.2) is 27.9 Å². The van der Waals surface area contributed by atoms with Gasteiger partial charge in [0.25, 0.3) is 0 Å². The zero-order valence-electron chi connectivity index (χ0n) is 18.7. The zero-order valence-corrected chi connectivity index (χ0v) is 19.5. The summed E-state index contributed by atoms with van der Waals surface area (Å²) in [7, 11) is -3.48. The van der Waals surface area contributed by atoms with Crippen molar-refractivity contribution >= 4 is 21.6 Å². The molecular weight excluding hydrogens is 446 g/mol. The third-order valence-electron chi connectivity index (χ3n) is 5.54. The molecule has 2 heterocycles. The van der Waals surface area contributed by atoms with Crippen molar-refractivity contribution in [2.24, 2.45) is 0 Å². The number of ether oxygens (including phenoxy) is 3. The summed E-state index contributed by atoms with van der Waals surface area (Å²) >= 11 is 0. The summed E-state index contributed by atoms with van der Waals surface area (Å²) in [4.78, 5) is 25.4. The molecule has 2 aromatic carbocycles. The number of nitrogens with zero attached hydrogens (tertiary/aromatic N) is 1. The lowest BCUT2D eigenvalue weighted by Crippen LogP contribution is -2.16. The topological polar surface area (TPSA) is 101 Å². The van der Waals surface area contributed by atoms with Crippen LogP contribution in [0.25, 0.3) is 5.69 Å². The molecule has 172 valence electrons. The number of carbonyl (C=O) groups is 2. The zero-order chi connectivity index (χ0) is 23.9. The van der Waals surface area contributed by atoms with Crippen LogP contribution >= 0.6 is 0 Å². The molecular formula is C24H23NO7S. The first-order valence-electron chi connectivity index (χ1n) is 10.2. The van der Waals surface area contributed by atoms with Crippen LogP contribution in [-0.2, 0) is 14.6 Å². The Labute approximate surface area is 191 Å². The van der Waals surface area contributed by atoms with Crippen LogP contribution < -0.4 is 9.47 Å². The molecule has 1 aromatic heterocycles. The van der Waals surface area contributed by atoms with E-state index in [1.165, 1.54) is 18.2 Å². The molecule has 0 N–H and O–H groups in total. The van der Waals surface area contributed by atoms with E-state index in [9.17, 15) is 18.0 Å². The molecule has 0 fully saturated rings. The van der Waals surface area contributed by atoms with Gasteiger partial charge in [0, 0.05) is 35.0 Å². The maximum atomic E-state index is 12.9. The fraction of sp³-hybridized carbons (Fsp3) is 0.250. The quantitative estimate of drug-likeness (QED) is 0.402. The van der Waals surface area contributed by atoms with Gasteiger partial charge in [0.1, 0.15) is 0 Å². The van der Waals surface area contributed by atoms with Gasteiger partial charge in [0.05, 0.1) is 10.5 Å². The molecule has 0 amide bonds. The highest BCUT2D eigenvalue weighted by atomic mass is 32.2. The summed E-state index contributed by atoms with van der Waals surface area (Å²) < 4.78 is 41.5. The Bertz CT molecular complexity index is 1390. The Kier molecular flexibility index (Phi) is 5.75. The molecule has 4 rings (SSSR count). The SMILES string of the molecule is Cc1ccc(S(C)(=O)=O)cc1C(=O)OCC(=O)c1cc(C)n(-c2ccc3c(c2)OCO3)c1C. The Morgan fingerprint density at radius 1 is 0.970 bits per heavy atom. The van der Waals surface area contributed by atoms with E-state index in [2.05, 4.69) is 0 Å². The molecule has 1 aliphatic heterocycles. The van der Waals surface area contributed by atoms with E-state index in [1.807, 2.05) is 36.6 Å². The molecule has 9 heteroatoms. The van der Waals surface area contributed by atoms with Crippen molar-refractivity contribution in [3.05, 3.63) is 70.5 Å². The molecule has 0 bridgehead atoms. The number of esters is 1. The standard InChI is InChI=1S/C24H23NO7S/c1-14-5-7-18(33(4,28)29)11-19(14)24(27)30-12-21(26)20-9-15(2)25(16(20)3)17-6-8-22-23(10-17)32-13-31-22/h5-11H,12-13H2,1-4H3. The van der Waals surface area contributed by atoms with Crippen molar-refractivity contribution in [3.8, 4) is 17.2 Å². The Balaban J connectivity index is 1.53. The summed E-state index contributed by atoms with van der Waals surface area (Å²) in [6, 6.07) is 11.5. The van der Waals surface area contributed by atoms with Crippen molar-refractivity contribution in [1.29, 1.82) is 0 Å². The van der Waals surface area contributed by atoms with Crippen molar-refractivity contribution in [3.63, 3.8) is 0 Å². The van der Waals surface area contributed by atoms with E-state index in [0.717, 1.165) is 17.6 Å². The van der Waals surface area contributed by atoms with Crippen LogP contribution in [0.3, 0.4) is 0 Å². The maximum absolute atomic E-state index is 12.9. The predicted octanol–water partition coefficient (Wildman–Crippen LogP) is 3.57. The van der Waals surface area contributed by atoms with Crippen LogP contribution in [0.4, 0.5) is 0 Å². The van der Waals surface area contributed by atoms with Crippen molar-refractivity contribution < 1.29 is 32.2 Å². The van der Waals surface area contributed by atoms with E-state index in [0.29, 0.717) is 28.3 Å². The van der Waals surface area contributed by atoms with E-state index >= 15 is 0 Å². The Morgan fingerprint density at radius 2 is 1.70 bits per heavy atom. The van der Waals surface area contributed by atoms with Crippen molar-refractivity contribution in [1.82, 2.24) is 4.57 Å². The van der Waals surface area contributed by atoms with E-state index in [4.69, 9.17) is 14.2 Å². The molecule has 0 spiro atoms. The Hall–Kier alpha value is -3.59. The molecule has 0 radical (unpaired) electrons. The number of hydrogen-bond acceptors (Lipinski definition) is 7. The molecule has 0 saturated carbocycles. The largest absolute Gasteiger partial charge is 0.454 e. The number of rotatable bonds is 6. The lowest BCUT2D eigenvalue weighted by molar-refractivity contribution is 0.0473. The molecule has 0 saturated heterocycles. The maximum Gasteiger partial charge on any atom is 0.338 e. The third-order valence-corrected chi connectivity index (χ3v) is 6.65. The van der Waals surface area contributed by atoms with Crippen molar-refractivity contribution in [2.75, 3.05) is 19.7 Å². The number of hydrogen-bond donors (Lipinski definition) is 0. The van der Waals surface area contributed by atoms with Crippen LogP contribution in [0.2, 0.25) is 0 Å². The average Bonchev–Trinajstić information content (AvgIpc) is 3.34. The van der Waals surface area contributed by atoms with Gasteiger partial charge in [-0.25, -0.2) is 13.2 Å². The van der Waals surface area contributed by atoms with Gasteiger partial charge in [-0.1, -0.05) is 6.07 Å². The third kappa shape index (κ3) is 4.36. The summed E-state index contributed by atoms with van der Waals surface area (Å²) in [6.45, 7) is 5.06. The van der Waals surface area contributed by atoms with E-state index in [-0.39, 0.29) is 23.0 Å². The number of aromatic nitrogens is 1. The first-order valence-corrected chi connectivity index (χ1v) is 12.1. The molecule has 0 atom stereocenters. The number of Topliss-reactive ketones (excluding diaryl/α,β-unsaturated/α-hetero) is 1. The second-order valence-corrected chi connectivity index (χ2v) is 9.92. The first kappa shape index (κ1) is 22.6. The molecule has 0 aliphatic carbocycles. The lowest BCUT2D eigenvalue weighted by Gasteiger charge is -2.11. The highest BCUT2D eigenvalue weighted by Crippen LogP contribution is 2.35. The predicted molar refractivity (Wildman–Crippen MR) is 120 cm³/mol. The van der Waals surface area contributed by atoms with Gasteiger partial charge in [-0.3, -0.25) is 4.79 Å². The lowest BCUT2D eigenvalue weighted by atomic mass is 10.1. The number of aryl methyl sites for hydroxylation is 2. The summed E-state index contributed by atoms with van der Waals surface area (Å²) in [5.74, 6) is 0.185. The van der Waals surface area contributed by atoms with Crippen LogP contribution in [0.5, 0.6) is 11.5 Å². The minimum atomic E-state index is -3.48. The smallest absolute Gasteiger partial charge is 0.338 e. The molecule has 3 aromatic rings. The molecule has 8 nitrogen and oxygen atoms in total. The minimum Gasteiger partial charge on any atom is -0.454 e.